The molecule has 2 aromatic rings. The van der Waals surface area contributed by atoms with Crippen molar-refractivity contribution in [3.05, 3.63) is 59.2 Å². The molecule has 2 aliphatic heterocycles. The average Bonchev–Trinajstić information content (AvgIpc) is 3.40. The van der Waals surface area contributed by atoms with Gasteiger partial charge in [0.1, 0.15) is 5.75 Å². The van der Waals surface area contributed by atoms with E-state index in [0.29, 0.717) is 18.0 Å². The number of carbonyl (C=O) groups is 1. The van der Waals surface area contributed by atoms with Crippen LogP contribution in [-0.4, -0.2) is 32.7 Å². The quantitative estimate of drug-likeness (QED) is 0.728. The molecule has 3 aliphatic rings. The summed E-state index contributed by atoms with van der Waals surface area (Å²) in [6.45, 7) is 1.74. The Bertz CT molecular complexity index is 909. The van der Waals surface area contributed by atoms with Crippen LogP contribution in [0.3, 0.4) is 0 Å². The van der Waals surface area contributed by atoms with Crippen molar-refractivity contribution >= 4 is 36.4 Å². The van der Waals surface area contributed by atoms with Crippen LogP contribution in [0.1, 0.15) is 41.5 Å². The van der Waals surface area contributed by atoms with Gasteiger partial charge in [0.05, 0.1) is 7.11 Å². The molecule has 0 radical (unpaired) electrons. The van der Waals surface area contributed by atoms with Crippen molar-refractivity contribution in [2.45, 2.75) is 37.4 Å². The normalized spacial score (nSPS) is 26.2. The molecule has 1 amide bonds. The van der Waals surface area contributed by atoms with E-state index in [9.17, 15) is 4.79 Å². The second-order valence-electron chi connectivity index (χ2n) is 8.19. The third-order valence-corrected chi connectivity index (χ3v) is 6.56. The summed E-state index contributed by atoms with van der Waals surface area (Å²) in [7, 11) is 3.63. The van der Waals surface area contributed by atoms with Crippen LogP contribution in [0.2, 0.25) is 0 Å². The van der Waals surface area contributed by atoms with Gasteiger partial charge in [0.2, 0.25) is 5.91 Å². The zero-order chi connectivity index (χ0) is 19.3. The lowest BCUT2D eigenvalue weighted by molar-refractivity contribution is -0.119. The van der Waals surface area contributed by atoms with E-state index in [1.54, 1.807) is 7.11 Å². The Balaban J connectivity index is 0.00000128. The Kier molecular flexibility index (Phi) is 6.98. The molecule has 1 saturated carbocycles. The van der Waals surface area contributed by atoms with Gasteiger partial charge >= 0.3 is 0 Å². The standard InChI is InChI=1S/C23H27N3O2.2ClH/c1-26-20-10-15(21(28-2)12-17(20)16-11-18(16)23(26)27)13-25-19-8-9-24-22(19)14-6-4-3-5-7-14;;/h3-7,10,12,16,18-19,22,24-25H,8-9,11,13H2,1-2H3;2*1H. The zero-order valence-electron chi connectivity index (χ0n) is 17.3. The lowest BCUT2D eigenvalue weighted by Gasteiger charge is -2.27. The van der Waals surface area contributed by atoms with E-state index in [1.807, 2.05) is 11.9 Å². The van der Waals surface area contributed by atoms with Crippen LogP contribution in [0, 0.1) is 5.92 Å². The Morgan fingerprint density at radius 1 is 1.17 bits per heavy atom. The number of fused-ring (bicyclic) bond motifs is 3. The summed E-state index contributed by atoms with van der Waals surface area (Å²) < 4.78 is 5.71. The number of hydrogen-bond acceptors (Lipinski definition) is 4. The zero-order valence-corrected chi connectivity index (χ0v) is 18.9. The van der Waals surface area contributed by atoms with Crippen LogP contribution in [0.4, 0.5) is 5.69 Å². The number of hydrogen-bond donors (Lipinski definition) is 2. The minimum atomic E-state index is 0. The van der Waals surface area contributed by atoms with Crippen LogP contribution in [0.5, 0.6) is 5.75 Å². The smallest absolute Gasteiger partial charge is 0.230 e. The number of anilines is 1. The molecule has 5 nitrogen and oxygen atoms in total. The fourth-order valence-corrected chi connectivity index (χ4v) is 4.90. The largest absolute Gasteiger partial charge is 0.496 e. The fraction of sp³-hybridized carbons (Fsp3) is 0.435. The highest BCUT2D eigenvalue weighted by molar-refractivity contribution is 6.01. The maximum absolute atomic E-state index is 12.4. The first kappa shape index (κ1) is 22.9. The van der Waals surface area contributed by atoms with E-state index < -0.39 is 0 Å². The van der Waals surface area contributed by atoms with Crippen LogP contribution in [0.15, 0.2) is 42.5 Å². The molecule has 4 unspecified atom stereocenters. The highest BCUT2D eigenvalue weighted by Gasteiger charge is 2.50. The lowest BCUT2D eigenvalue weighted by Crippen LogP contribution is -2.34. The highest BCUT2D eigenvalue weighted by atomic mass is 35.5. The molecule has 5 rings (SSSR count). The maximum Gasteiger partial charge on any atom is 0.230 e. The van der Waals surface area contributed by atoms with E-state index in [0.717, 1.165) is 42.9 Å². The predicted octanol–water partition coefficient (Wildman–Crippen LogP) is 3.81. The summed E-state index contributed by atoms with van der Waals surface area (Å²) in [5.41, 5.74) is 4.74. The highest BCUT2D eigenvalue weighted by Crippen LogP contribution is 2.56. The number of rotatable bonds is 5. The number of methoxy groups -OCH3 is 1. The number of halogens is 2. The Labute approximate surface area is 190 Å². The van der Waals surface area contributed by atoms with Crippen molar-refractivity contribution in [3.8, 4) is 5.75 Å². The Morgan fingerprint density at radius 3 is 2.67 bits per heavy atom. The van der Waals surface area contributed by atoms with Gasteiger partial charge in [-0.15, -0.1) is 24.8 Å². The summed E-state index contributed by atoms with van der Waals surface area (Å²) in [5, 5.41) is 7.35. The van der Waals surface area contributed by atoms with Crippen molar-refractivity contribution in [1.82, 2.24) is 10.6 Å². The minimum absolute atomic E-state index is 0. The summed E-state index contributed by atoms with van der Waals surface area (Å²) >= 11 is 0. The van der Waals surface area contributed by atoms with E-state index in [4.69, 9.17) is 4.74 Å². The van der Waals surface area contributed by atoms with E-state index in [1.165, 1.54) is 11.1 Å². The molecule has 2 aromatic carbocycles. The third-order valence-electron chi connectivity index (χ3n) is 6.56. The lowest BCUT2D eigenvalue weighted by atomic mass is 9.97. The minimum Gasteiger partial charge on any atom is -0.496 e. The second-order valence-corrected chi connectivity index (χ2v) is 8.19. The summed E-state index contributed by atoms with van der Waals surface area (Å²) in [6.07, 6.45) is 2.07. The monoisotopic (exact) mass is 449 g/mol. The SMILES string of the molecule is COc1cc2c(cc1CNC1CCNC1c1ccccc1)N(C)C(=O)C1CC21.Cl.Cl. The fourth-order valence-electron chi connectivity index (χ4n) is 4.90. The number of nitrogens with zero attached hydrogens (tertiary/aromatic N) is 1. The molecular weight excluding hydrogens is 421 g/mol. The van der Waals surface area contributed by atoms with E-state index in [2.05, 4.69) is 53.1 Å². The Hall–Kier alpha value is -1.79. The van der Waals surface area contributed by atoms with Gasteiger partial charge in [-0.3, -0.25) is 4.79 Å². The van der Waals surface area contributed by atoms with Crippen LogP contribution >= 0.6 is 24.8 Å². The molecule has 30 heavy (non-hydrogen) atoms. The Morgan fingerprint density at radius 2 is 1.93 bits per heavy atom. The summed E-state index contributed by atoms with van der Waals surface area (Å²) in [6, 6.07) is 15.6. The van der Waals surface area contributed by atoms with Gasteiger partial charge in [0, 0.05) is 42.8 Å². The number of carbonyl (C=O) groups excluding carboxylic acids is 1. The first-order valence-electron chi connectivity index (χ1n) is 10.2. The van der Waals surface area contributed by atoms with Crippen molar-refractivity contribution in [1.29, 1.82) is 0 Å². The second kappa shape index (κ2) is 9.15. The van der Waals surface area contributed by atoms with Gasteiger partial charge in [-0.25, -0.2) is 0 Å². The molecule has 0 bridgehead atoms. The van der Waals surface area contributed by atoms with Crippen LogP contribution in [0.25, 0.3) is 0 Å². The van der Waals surface area contributed by atoms with Gasteiger partial charge in [0.25, 0.3) is 0 Å². The van der Waals surface area contributed by atoms with Crippen molar-refractivity contribution in [2.24, 2.45) is 5.92 Å². The van der Waals surface area contributed by atoms with Gasteiger partial charge in [-0.2, -0.15) is 0 Å². The number of amides is 1. The van der Waals surface area contributed by atoms with E-state index >= 15 is 0 Å². The van der Waals surface area contributed by atoms with Crippen molar-refractivity contribution < 1.29 is 9.53 Å². The molecular formula is C23H29Cl2N3O2. The van der Waals surface area contributed by atoms with E-state index in [-0.39, 0.29) is 36.6 Å². The van der Waals surface area contributed by atoms with Crippen molar-refractivity contribution in [3.63, 3.8) is 0 Å². The summed E-state index contributed by atoms with van der Waals surface area (Å²) in [4.78, 5) is 14.3. The molecule has 1 aliphatic carbocycles. The molecule has 2 N–H and O–H groups in total. The third kappa shape index (κ3) is 3.92. The maximum atomic E-state index is 12.4. The molecule has 0 spiro atoms. The van der Waals surface area contributed by atoms with Crippen molar-refractivity contribution in [2.75, 3.05) is 25.6 Å². The molecule has 2 fully saturated rings. The summed E-state index contributed by atoms with van der Waals surface area (Å²) in [5.74, 6) is 1.74. The molecule has 4 atom stereocenters. The number of ether oxygens (including phenoxy) is 1. The molecule has 0 aromatic heterocycles. The number of nitrogens with one attached hydrogen (secondary N) is 2. The van der Waals surface area contributed by atoms with Crippen LogP contribution < -0.4 is 20.3 Å². The van der Waals surface area contributed by atoms with Gasteiger partial charge in [0.15, 0.2) is 0 Å². The predicted molar refractivity (Wildman–Crippen MR) is 124 cm³/mol. The molecule has 162 valence electrons. The molecule has 2 heterocycles. The first-order valence-corrected chi connectivity index (χ1v) is 10.2. The molecule has 7 heteroatoms. The molecule has 1 saturated heterocycles. The topological polar surface area (TPSA) is 53.6 Å². The van der Waals surface area contributed by atoms with Gasteiger partial charge in [-0.05, 0) is 48.6 Å². The number of benzene rings is 2. The first-order chi connectivity index (χ1) is 13.7. The van der Waals surface area contributed by atoms with Gasteiger partial charge in [-0.1, -0.05) is 30.3 Å². The average molecular weight is 450 g/mol. The van der Waals surface area contributed by atoms with Gasteiger partial charge < -0.3 is 20.3 Å². The van der Waals surface area contributed by atoms with Crippen LogP contribution in [-0.2, 0) is 11.3 Å².